The van der Waals surface area contributed by atoms with Crippen LogP contribution in [0.2, 0.25) is 0 Å². The largest absolute Gasteiger partial charge is 0.459 e. The Morgan fingerprint density at radius 2 is 0.386 bits per heavy atom. The Bertz CT molecular complexity index is 4900. The lowest BCUT2D eigenvalue weighted by molar-refractivity contribution is -0.374. The van der Waals surface area contributed by atoms with Gasteiger partial charge in [-0.2, -0.15) is 0 Å². The van der Waals surface area contributed by atoms with Gasteiger partial charge in [0.15, 0.2) is 61.6 Å². The van der Waals surface area contributed by atoms with Crippen LogP contribution in [0.15, 0.2) is 303 Å². The first kappa shape index (κ1) is 78.8. The van der Waals surface area contributed by atoms with Crippen LogP contribution in [0.1, 0.15) is 104 Å². The quantitative estimate of drug-likeness (QED) is 0.0369. The number of ether oxygens (including phenoxy) is 15. The van der Waals surface area contributed by atoms with Gasteiger partial charge in [-0.3, -0.25) is 0 Å². The second-order valence-electron chi connectivity index (χ2n) is 25.9. The minimum atomic E-state index is -2.34. The Morgan fingerprint density at radius 3 is 0.632 bits per heavy atom. The molecule has 3 heterocycles. The number of carbonyl (C=O) groups is 10. The van der Waals surface area contributed by atoms with E-state index in [0.717, 1.165) is 0 Å². The van der Waals surface area contributed by atoms with Gasteiger partial charge in [-0.25, -0.2) is 47.9 Å². The second-order valence-corrected chi connectivity index (χ2v) is 25.9. The fraction of sp³-hybridized carbons (Fsp3) is 0.205. The van der Waals surface area contributed by atoms with Gasteiger partial charge in [0, 0.05) is 0 Å². The predicted octanol–water partition coefficient (Wildman–Crippen LogP) is 11.1. The molecule has 3 fully saturated rings. The van der Waals surface area contributed by atoms with Crippen molar-refractivity contribution in [1.82, 2.24) is 0 Å². The zero-order valence-electron chi connectivity index (χ0n) is 60.3. The minimum Gasteiger partial charge on any atom is -0.459 e. The van der Waals surface area contributed by atoms with Gasteiger partial charge in [0.2, 0.25) is 0 Å². The summed E-state index contributed by atoms with van der Waals surface area (Å²) >= 11 is 0. The highest BCUT2D eigenvalue weighted by atomic mass is 16.8. The van der Waals surface area contributed by atoms with E-state index in [1.54, 1.807) is 109 Å². The molecule has 3 aliphatic heterocycles. The summed E-state index contributed by atoms with van der Waals surface area (Å²) in [6.07, 6.45) is -31.9. The third kappa shape index (κ3) is 19.9. The molecule has 1 N–H and O–H groups in total. The highest BCUT2D eigenvalue weighted by Crippen LogP contribution is 2.40. The number of hydrogen-bond donors (Lipinski definition) is 1. The molecule has 0 unspecified atom stereocenters. The molecule has 580 valence electrons. The molecule has 0 aliphatic carbocycles. The lowest BCUT2D eigenvalue weighted by Gasteiger charge is -2.50. The molecule has 10 aromatic carbocycles. The summed E-state index contributed by atoms with van der Waals surface area (Å²) in [6.45, 7) is -2.76. The van der Waals surface area contributed by atoms with Gasteiger partial charge in [-0.15, -0.1) is 0 Å². The van der Waals surface area contributed by atoms with Gasteiger partial charge in [-0.1, -0.05) is 182 Å². The lowest BCUT2D eigenvalue weighted by atomic mass is 9.94. The van der Waals surface area contributed by atoms with Crippen LogP contribution in [0, 0.1) is 0 Å². The topological polar surface area (TPSA) is 329 Å². The third-order valence-electron chi connectivity index (χ3n) is 18.3. The SMILES string of the molecule is O=C(OC[C@H]1O[C@@H](O)[C@H](OC(=O)c2ccccc2)[C@@H](OC(=O)c2ccccc2)[C@@H]1O[C@H]1O[C@H](COC(=O)c2ccccc2)[C@@H](O[C@H]2O[C@H](COC(=O)c3ccccc3)[C@@H](OC(=O)c3ccccc3)[C@@H](OC(=O)c3ccccc3)[C@H]2OC(=O)c2ccccc2)[C@H](OC(=O)c2ccccc2)[C@H]1OC(=O)c1ccccc1)c1ccccc1. The van der Waals surface area contributed by atoms with Crippen molar-refractivity contribution in [2.45, 2.75) is 92.1 Å². The molecule has 0 spiro atoms. The Labute approximate surface area is 651 Å². The Balaban J connectivity index is 1.000. The first-order valence-electron chi connectivity index (χ1n) is 36.0. The molecule has 10 aromatic rings. The fourth-order valence-electron chi connectivity index (χ4n) is 12.6. The molecule has 3 saturated heterocycles. The zero-order valence-corrected chi connectivity index (χ0v) is 60.3. The normalized spacial score (nSPS) is 22.9. The molecular formula is C88H72O26. The Morgan fingerprint density at radius 1 is 0.211 bits per heavy atom. The maximum atomic E-state index is 15.4. The zero-order chi connectivity index (χ0) is 79.3. The monoisotopic (exact) mass is 1540 g/mol. The first-order valence-corrected chi connectivity index (χ1v) is 36.0. The van der Waals surface area contributed by atoms with E-state index in [2.05, 4.69) is 0 Å². The summed E-state index contributed by atoms with van der Waals surface area (Å²) in [5.41, 5.74) is -0.572. The molecule has 0 amide bonds. The minimum absolute atomic E-state index is 0.0131. The van der Waals surface area contributed by atoms with Gasteiger partial charge in [0.05, 0.1) is 55.6 Å². The summed E-state index contributed by atoms with van der Waals surface area (Å²) in [4.78, 5) is 148. The van der Waals surface area contributed by atoms with E-state index < -0.39 is 172 Å². The number of rotatable bonds is 27. The van der Waals surface area contributed by atoms with Crippen LogP contribution in [0.4, 0.5) is 0 Å². The van der Waals surface area contributed by atoms with Crippen LogP contribution in [0.5, 0.6) is 0 Å². The van der Waals surface area contributed by atoms with E-state index in [-0.39, 0.29) is 55.6 Å². The summed E-state index contributed by atoms with van der Waals surface area (Å²) in [5.74, 6) is -10.7. The number of carbonyl (C=O) groups excluding carboxylic acids is 10. The number of esters is 10. The maximum absolute atomic E-state index is 15.4. The van der Waals surface area contributed by atoms with Gasteiger partial charge >= 0.3 is 59.7 Å². The number of aliphatic hydroxyl groups excluding tert-OH is 1. The highest BCUT2D eigenvalue weighted by Gasteiger charge is 2.61. The predicted molar refractivity (Wildman–Crippen MR) is 398 cm³/mol. The van der Waals surface area contributed by atoms with E-state index in [1.165, 1.54) is 194 Å². The Hall–Kier alpha value is -13.3. The van der Waals surface area contributed by atoms with E-state index >= 15 is 14.4 Å². The fourth-order valence-corrected chi connectivity index (χ4v) is 12.6. The smallest absolute Gasteiger partial charge is 0.338 e. The first-order chi connectivity index (χ1) is 55.6. The van der Waals surface area contributed by atoms with E-state index in [1.807, 2.05) is 0 Å². The molecule has 26 nitrogen and oxygen atoms in total. The van der Waals surface area contributed by atoms with Gasteiger partial charge < -0.3 is 76.2 Å². The summed E-state index contributed by atoms with van der Waals surface area (Å²) in [6, 6.07) is 75.1. The van der Waals surface area contributed by atoms with Gasteiger partial charge in [0.25, 0.3) is 0 Å². The van der Waals surface area contributed by atoms with Crippen molar-refractivity contribution in [3.63, 3.8) is 0 Å². The molecular weight excluding hydrogens is 1470 g/mol. The molecule has 0 bridgehead atoms. The van der Waals surface area contributed by atoms with Crippen molar-refractivity contribution in [3.8, 4) is 0 Å². The number of benzene rings is 10. The Kier molecular flexibility index (Phi) is 26.3. The van der Waals surface area contributed by atoms with Crippen LogP contribution < -0.4 is 0 Å². The average Bonchev–Trinajstić information content (AvgIpc) is 0.757. The molecule has 0 aromatic heterocycles. The maximum Gasteiger partial charge on any atom is 0.338 e. The number of aliphatic hydroxyl groups is 1. The van der Waals surface area contributed by atoms with Gasteiger partial charge in [0.1, 0.15) is 50.3 Å². The van der Waals surface area contributed by atoms with Gasteiger partial charge in [-0.05, 0) is 121 Å². The van der Waals surface area contributed by atoms with Crippen LogP contribution in [0.3, 0.4) is 0 Å². The van der Waals surface area contributed by atoms with Crippen LogP contribution >= 0.6 is 0 Å². The second kappa shape index (κ2) is 38.1. The summed E-state index contributed by atoms with van der Waals surface area (Å²) in [7, 11) is 0. The van der Waals surface area contributed by atoms with Crippen molar-refractivity contribution in [2.75, 3.05) is 19.8 Å². The van der Waals surface area contributed by atoms with E-state index in [0.29, 0.717) is 0 Å². The molecule has 3 aliphatic rings. The van der Waals surface area contributed by atoms with Crippen molar-refractivity contribution in [2.24, 2.45) is 0 Å². The van der Waals surface area contributed by atoms with Crippen molar-refractivity contribution < 1.29 is 124 Å². The van der Waals surface area contributed by atoms with Crippen LogP contribution in [0.25, 0.3) is 0 Å². The molecule has 114 heavy (non-hydrogen) atoms. The van der Waals surface area contributed by atoms with Crippen molar-refractivity contribution in [3.05, 3.63) is 359 Å². The average molecular weight is 1550 g/mol. The molecule has 26 heteroatoms. The highest BCUT2D eigenvalue weighted by molar-refractivity contribution is 5.94. The lowest BCUT2D eigenvalue weighted by Crippen LogP contribution is -2.69. The molecule has 0 saturated carbocycles. The van der Waals surface area contributed by atoms with E-state index in [4.69, 9.17) is 71.1 Å². The standard InChI is InChI=1S/C88H72O26/c89-76(54-31-11-1-12-32-54)100-51-64-68(70(107-80(93)58-39-19-5-20-40-58)73(86(99)103-64)110-83(96)61-45-25-8-26-46-61)113-88-75(112-85(98)63-49-29-10-30-50-63)72(109-82(95)60-43-23-7-24-44-60)69(66(105-88)53-102-78(91)56-35-15-3-16-36-56)114-87-74(111-84(97)62-47-27-9-28-48-62)71(108-81(94)59-41-21-6-22-42-59)67(106-79(92)57-37-17-4-18-38-57)65(104-87)52-101-77(90)55-33-13-2-14-34-55/h1-50,64-75,86-88,99H,51-53H2/t64-,65-,66-,67-,68-,69-,70+,71-,72+,73-,74-,75-,86-,87-,88-/m1/s1. The summed E-state index contributed by atoms with van der Waals surface area (Å²) < 4.78 is 97.4. The molecule has 0 radical (unpaired) electrons. The molecule has 15 atom stereocenters. The van der Waals surface area contributed by atoms with Crippen molar-refractivity contribution >= 4 is 59.7 Å². The molecule has 13 rings (SSSR count). The van der Waals surface area contributed by atoms with Crippen LogP contribution in [-0.4, -0.2) is 177 Å². The van der Waals surface area contributed by atoms with Crippen molar-refractivity contribution in [1.29, 1.82) is 0 Å². The summed E-state index contributed by atoms with van der Waals surface area (Å²) in [5, 5.41) is 12.3. The van der Waals surface area contributed by atoms with Crippen LogP contribution in [-0.2, 0) is 71.1 Å². The third-order valence-corrected chi connectivity index (χ3v) is 18.3. The van der Waals surface area contributed by atoms with E-state index in [9.17, 15) is 38.7 Å². The number of hydrogen-bond acceptors (Lipinski definition) is 26.